The third-order valence-electron chi connectivity index (χ3n) is 5.52. The summed E-state index contributed by atoms with van der Waals surface area (Å²) in [4.78, 5) is 14.7. The minimum absolute atomic E-state index is 0.235. The summed E-state index contributed by atoms with van der Waals surface area (Å²) in [7, 11) is 0. The van der Waals surface area contributed by atoms with E-state index in [-0.39, 0.29) is 11.8 Å². The van der Waals surface area contributed by atoms with Crippen molar-refractivity contribution in [3.8, 4) is 0 Å². The lowest BCUT2D eigenvalue weighted by Gasteiger charge is -2.32. The zero-order valence-electron chi connectivity index (χ0n) is 14.7. The fourth-order valence-corrected chi connectivity index (χ4v) is 3.90. The number of piperidine rings is 2. The smallest absolute Gasteiger partial charge is 0.223 e. The van der Waals surface area contributed by atoms with E-state index in [2.05, 4.69) is 45.9 Å². The van der Waals surface area contributed by atoms with Crippen LogP contribution >= 0.6 is 0 Å². The highest BCUT2D eigenvalue weighted by molar-refractivity contribution is 5.78. The van der Waals surface area contributed by atoms with Crippen LogP contribution in [0.3, 0.4) is 0 Å². The maximum atomic E-state index is 12.1. The molecule has 0 atom stereocenters. The summed E-state index contributed by atoms with van der Waals surface area (Å²) in [6.45, 7) is 6.26. The van der Waals surface area contributed by atoms with Crippen LogP contribution in [0.15, 0.2) is 30.3 Å². The zero-order valence-corrected chi connectivity index (χ0v) is 14.7. The first-order valence-electron chi connectivity index (χ1n) is 9.56. The molecule has 1 aromatic rings. The second kappa shape index (κ2) is 9.19. The van der Waals surface area contributed by atoms with Gasteiger partial charge in [-0.3, -0.25) is 9.69 Å². The molecule has 2 aliphatic rings. The molecule has 0 spiro atoms. The highest BCUT2D eigenvalue weighted by atomic mass is 16.1. The van der Waals surface area contributed by atoms with Gasteiger partial charge in [-0.25, -0.2) is 0 Å². The van der Waals surface area contributed by atoms with Crippen LogP contribution < -0.4 is 10.6 Å². The lowest BCUT2D eigenvalue weighted by atomic mass is 9.93. The molecule has 0 bridgehead atoms. The molecular formula is C20H31N3O. The number of carbonyl (C=O) groups is 1. The van der Waals surface area contributed by atoms with Gasteiger partial charge in [-0.2, -0.15) is 0 Å². The zero-order chi connectivity index (χ0) is 16.6. The maximum absolute atomic E-state index is 12.1. The summed E-state index contributed by atoms with van der Waals surface area (Å²) in [5.41, 5.74) is 1.41. The summed E-state index contributed by atoms with van der Waals surface area (Å²) in [5, 5.41) is 6.48. The Hall–Kier alpha value is -1.39. The van der Waals surface area contributed by atoms with Gasteiger partial charge >= 0.3 is 0 Å². The predicted octanol–water partition coefficient (Wildman–Crippen LogP) is 2.40. The van der Waals surface area contributed by atoms with Gasteiger partial charge in [0.1, 0.15) is 0 Å². The minimum atomic E-state index is 0.235. The predicted molar refractivity (Wildman–Crippen MR) is 97.7 cm³/mol. The lowest BCUT2D eigenvalue weighted by Crippen LogP contribution is -2.39. The Bertz CT molecular complexity index is 491. The second-order valence-electron chi connectivity index (χ2n) is 7.31. The van der Waals surface area contributed by atoms with Gasteiger partial charge in [0.15, 0.2) is 0 Å². The van der Waals surface area contributed by atoms with Crippen LogP contribution in [0, 0.1) is 11.8 Å². The molecule has 24 heavy (non-hydrogen) atoms. The van der Waals surface area contributed by atoms with Crippen LogP contribution in [-0.4, -0.2) is 43.5 Å². The molecule has 2 heterocycles. The van der Waals surface area contributed by atoms with Crippen molar-refractivity contribution in [1.29, 1.82) is 0 Å². The quantitative estimate of drug-likeness (QED) is 0.842. The monoisotopic (exact) mass is 329 g/mol. The van der Waals surface area contributed by atoms with Crippen LogP contribution in [0.1, 0.15) is 37.7 Å². The average molecular weight is 329 g/mol. The van der Waals surface area contributed by atoms with E-state index < -0.39 is 0 Å². The van der Waals surface area contributed by atoms with E-state index in [0.29, 0.717) is 0 Å². The van der Waals surface area contributed by atoms with Crippen LogP contribution in [0.4, 0.5) is 0 Å². The number of carbonyl (C=O) groups excluding carboxylic acids is 1. The van der Waals surface area contributed by atoms with Gasteiger partial charge in [0.25, 0.3) is 0 Å². The molecule has 0 aliphatic carbocycles. The molecule has 0 radical (unpaired) electrons. The second-order valence-corrected chi connectivity index (χ2v) is 7.31. The highest BCUT2D eigenvalue weighted by Gasteiger charge is 2.22. The number of hydrogen-bond donors (Lipinski definition) is 2. The summed E-state index contributed by atoms with van der Waals surface area (Å²) in [6.07, 6.45) is 5.63. The van der Waals surface area contributed by atoms with E-state index in [1.165, 1.54) is 31.5 Å². The molecule has 0 unspecified atom stereocenters. The van der Waals surface area contributed by atoms with Gasteiger partial charge < -0.3 is 10.6 Å². The Morgan fingerprint density at radius 1 is 1.08 bits per heavy atom. The molecule has 2 N–H and O–H groups in total. The van der Waals surface area contributed by atoms with Gasteiger partial charge in [0.2, 0.25) is 5.91 Å². The van der Waals surface area contributed by atoms with E-state index in [9.17, 15) is 4.79 Å². The average Bonchev–Trinajstić information content (AvgIpc) is 2.65. The lowest BCUT2D eigenvalue weighted by molar-refractivity contribution is -0.125. The molecule has 4 heteroatoms. The topological polar surface area (TPSA) is 44.4 Å². The number of nitrogens with one attached hydrogen (secondary N) is 2. The van der Waals surface area contributed by atoms with Gasteiger partial charge in [-0.05, 0) is 69.8 Å². The Kier molecular flexibility index (Phi) is 6.67. The van der Waals surface area contributed by atoms with Gasteiger partial charge in [0, 0.05) is 19.0 Å². The van der Waals surface area contributed by atoms with E-state index in [4.69, 9.17) is 0 Å². The molecule has 0 aromatic heterocycles. The summed E-state index contributed by atoms with van der Waals surface area (Å²) < 4.78 is 0. The normalized spacial score (nSPS) is 20.8. The molecule has 2 fully saturated rings. The molecule has 1 amide bonds. The molecule has 3 rings (SSSR count). The number of likely N-dealkylation sites (tertiary alicyclic amines) is 1. The van der Waals surface area contributed by atoms with Crippen LogP contribution in [0.2, 0.25) is 0 Å². The van der Waals surface area contributed by atoms with Gasteiger partial charge in [-0.1, -0.05) is 30.3 Å². The SMILES string of the molecule is O=C(NCCC1CCN(Cc2ccccc2)CC1)C1CCNCC1. The Morgan fingerprint density at radius 3 is 2.50 bits per heavy atom. The maximum Gasteiger partial charge on any atom is 0.223 e. The van der Waals surface area contributed by atoms with Crippen molar-refractivity contribution in [3.63, 3.8) is 0 Å². The third kappa shape index (κ3) is 5.32. The molecule has 2 saturated heterocycles. The minimum Gasteiger partial charge on any atom is -0.356 e. The first kappa shape index (κ1) is 17.4. The Balaban J connectivity index is 1.30. The fourth-order valence-electron chi connectivity index (χ4n) is 3.90. The van der Waals surface area contributed by atoms with Crippen molar-refractivity contribution in [3.05, 3.63) is 35.9 Å². The third-order valence-corrected chi connectivity index (χ3v) is 5.52. The molecule has 132 valence electrons. The van der Waals surface area contributed by atoms with Crippen LogP contribution in [0.25, 0.3) is 0 Å². The molecule has 0 saturated carbocycles. The van der Waals surface area contributed by atoms with Crippen molar-refractivity contribution in [2.75, 3.05) is 32.7 Å². The highest BCUT2D eigenvalue weighted by Crippen LogP contribution is 2.21. The fraction of sp³-hybridized carbons (Fsp3) is 0.650. The summed E-state index contributed by atoms with van der Waals surface area (Å²) >= 11 is 0. The molecule has 1 aromatic carbocycles. The van der Waals surface area contributed by atoms with E-state index in [1.807, 2.05) is 0 Å². The molecule has 2 aliphatic heterocycles. The number of benzene rings is 1. The van der Waals surface area contributed by atoms with Gasteiger partial charge in [0.05, 0.1) is 0 Å². The van der Waals surface area contributed by atoms with Crippen LogP contribution in [0.5, 0.6) is 0 Å². The number of hydrogen-bond acceptors (Lipinski definition) is 3. The van der Waals surface area contributed by atoms with Crippen molar-refractivity contribution in [1.82, 2.24) is 15.5 Å². The van der Waals surface area contributed by atoms with E-state index >= 15 is 0 Å². The Morgan fingerprint density at radius 2 is 1.79 bits per heavy atom. The van der Waals surface area contributed by atoms with E-state index in [1.54, 1.807) is 0 Å². The molecule has 4 nitrogen and oxygen atoms in total. The van der Waals surface area contributed by atoms with Crippen molar-refractivity contribution in [2.45, 2.75) is 38.6 Å². The number of amides is 1. The summed E-state index contributed by atoms with van der Waals surface area (Å²) in [6, 6.07) is 10.7. The number of nitrogens with zero attached hydrogens (tertiary/aromatic N) is 1. The van der Waals surface area contributed by atoms with Crippen molar-refractivity contribution < 1.29 is 4.79 Å². The first-order chi connectivity index (χ1) is 11.8. The Labute approximate surface area is 146 Å². The number of rotatable bonds is 6. The van der Waals surface area contributed by atoms with Crippen molar-refractivity contribution in [2.24, 2.45) is 11.8 Å². The first-order valence-corrected chi connectivity index (χ1v) is 9.56. The van der Waals surface area contributed by atoms with E-state index in [0.717, 1.165) is 51.4 Å². The largest absolute Gasteiger partial charge is 0.356 e. The standard InChI is InChI=1S/C20H31N3O/c24-20(19-7-11-21-12-8-19)22-13-6-17-9-14-23(15-10-17)16-18-4-2-1-3-5-18/h1-5,17,19,21H,6-16H2,(H,22,24). The summed E-state index contributed by atoms with van der Waals surface area (Å²) in [5.74, 6) is 1.28. The van der Waals surface area contributed by atoms with Crippen molar-refractivity contribution >= 4 is 5.91 Å². The molecular weight excluding hydrogens is 298 g/mol. The van der Waals surface area contributed by atoms with Gasteiger partial charge in [-0.15, -0.1) is 0 Å². The van der Waals surface area contributed by atoms with Crippen LogP contribution in [-0.2, 0) is 11.3 Å².